The monoisotopic (exact) mass is 480 g/mol. The normalized spacial score (nSPS) is 31.0. The van der Waals surface area contributed by atoms with Crippen LogP contribution >= 0.6 is 0 Å². The number of rotatable bonds is 11. The second kappa shape index (κ2) is 9.34. The summed E-state index contributed by atoms with van der Waals surface area (Å²) in [6.07, 6.45) is 3.66. The molecule has 2 aliphatic rings. The van der Waals surface area contributed by atoms with E-state index in [-0.39, 0.29) is 39.1 Å². The highest BCUT2D eigenvalue weighted by Gasteiger charge is 2.67. The zero-order valence-electron chi connectivity index (χ0n) is 24.8. The number of carbonyl (C=O) groups is 1. The van der Waals surface area contributed by atoms with Crippen LogP contribution in [0, 0.1) is 27.6 Å². The average Bonchev–Trinajstić information content (AvgIpc) is 3.01. The quantitative estimate of drug-likeness (QED) is 0.397. The van der Waals surface area contributed by atoms with Gasteiger partial charge in [0.1, 0.15) is 6.23 Å². The molecular formula is C29H56N2O3. The van der Waals surface area contributed by atoms with Gasteiger partial charge in [0, 0.05) is 31.0 Å². The number of aliphatic hydroxyl groups is 1. The van der Waals surface area contributed by atoms with Gasteiger partial charge in [0.05, 0.1) is 5.60 Å². The Balaban J connectivity index is 2.04. The topological polar surface area (TPSA) is 53.0 Å². The SMILES string of the molecule is CN(C)CCC(C)(C)OCCC(C)(C)N1C(=O)C(C(C)(C)CC2(C)CC2(C)C(C)(C)C)CC1O. The van der Waals surface area contributed by atoms with Gasteiger partial charge in [0.25, 0.3) is 0 Å². The summed E-state index contributed by atoms with van der Waals surface area (Å²) in [6, 6.07) is 0. The van der Waals surface area contributed by atoms with Gasteiger partial charge in [0.15, 0.2) is 0 Å². The Bertz CT molecular complexity index is 736. The van der Waals surface area contributed by atoms with Crippen molar-refractivity contribution in [3.05, 3.63) is 0 Å². The van der Waals surface area contributed by atoms with Crippen LogP contribution < -0.4 is 0 Å². The van der Waals surface area contributed by atoms with E-state index in [1.807, 2.05) is 0 Å². The molecule has 1 N–H and O–H groups in total. The highest BCUT2D eigenvalue weighted by atomic mass is 16.5. The van der Waals surface area contributed by atoms with Crippen molar-refractivity contribution in [2.45, 2.75) is 126 Å². The first-order chi connectivity index (χ1) is 15.1. The van der Waals surface area contributed by atoms with Gasteiger partial charge in [0.2, 0.25) is 5.91 Å². The molecule has 0 spiro atoms. The van der Waals surface area contributed by atoms with E-state index >= 15 is 0 Å². The van der Waals surface area contributed by atoms with Crippen LogP contribution in [0.15, 0.2) is 0 Å². The number of carbonyl (C=O) groups excluding carboxylic acids is 1. The van der Waals surface area contributed by atoms with Gasteiger partial charge < -0.3 is 19.6 Å². The smallest absolute Gasteiger partial charge is 0.228 e. The summed E-state index contributed by atoms with van der Waals surface area (Å²) >= 11 is 0. The van der Waals surface area contributed by atoms with Crippen LogP contribution in [0.5, 0.6) is 0 Å². The third kappa shape index (κ3) is 6.00. The van der Waals surface area contributed by atoms with Gasteiger partial charge in [-0.2, -0.15) is 0 Å². The third-order valence-corrected chi connectivity index (χ3v) is 9.70. The predicted molar refractivity (Wildman–Crippen MR) is 142 cm³/mol. The zero-order valence-corrected chi connectivity index (χ0v) is 24.8. The fourth-order valence-corrected chi connectivity index (χ4v) is 6.64. The molecule has 4 atom stereocenters. The van der Waals surface area contributed by atoms with E-state index in [1.165, 1.54) is 6.42 Å². The summed E-state index contributed by atoms with van der Waals surface area (Å²) in [5, 5.41) is 11.0. The molecule has 0 aromatic heterocycles. The molecule has 1 heterocycles. The molecule has 0 radical (unpaired) electrons. The number of hydrogen-bond donors (Lipinski definition) is 1. The molecule has 1 saturated carbocycles. The maximum absolute atomic E-state index is 13.7. The average molecular weight is 481 g/mol. The lowest BCUT2D eigenvalue weighted by atomic mass is 9.66. The van der Waals surface area contributed by atoms with E-state index in [4.69, 9.17) is 4.74 Å². The van der Waals surface area contributed by atoms with Crippen molar-refractivity contribution in [2.75, 3.05) is 27.2 Å². The molecule has 1 aliphatic heterocycles. The van der Waals surface area contributed by atoms with Crippen molar-refractivity contribution >= 4 is 5.91 Å². The second-order valence-corrected chi connectivity index (χ2v) is 15.2. The number of likely N-dealkylation sites (tertiary alicyclic amines) is 1. The first kappa shape index (κ1) is 29.6. The van der Waals surface area contributed by atoms with E-state index in [2.05, 4.69) is 95.2 Å². The van der Waals surface area contributed by atoms with E-state index < -0.39 is 11.8 Å². The Morgan fingerprint density at radius 1 is 1.03 bits per heavy atom. The highest BCUT2D eigenvalue weighted by molar-refractivity contribution is 5.82. The molecule has 2 rings (SSSR count). The van der Waals surface area contributed by atoms with Gasteiger partial charge in [-0.1, -0.05) is 48.5 Å². The van der Waals surface area contributed by atoms with E-state index in [0.717, 1.165) is 19.4 Å². The molecule has 0 aromatic rings. The van der Waals surface area contributed by atoms with Gasteiger partial charge in [-0.15, -0.1) is 0 Å². The number of aliphatic hydroxyl groups excluding tert-OH is 1. The summed E-state index contributed by atoms with van der Waals surface area (Å²) in [7, 11) is 4.15. The van der Waals surface area contributed by atoms with Gasteiger partial charge in [-0.05, 0) is 89.1 Å². The van der Waals surface area contributed by atoms with Crippen LogP contribution in [-0.4, -0.2) is 65.4 Å². The van der Waals surface area contributed by atoms with Crippen LogP contribution in [-0.2, 0) is 9.53 Å². The Labute approximate surface area is 211 Å². The van der Waals surface area contributed by atoms with Crippen molar-refractivity contribution in [1.82, 2.24) is 9.80 Å². The van der Waals surface area contributed by atoms with Gasteiger partial charge in [-0.25, -0.2) is 0 Å². The standard InChI is InChI=1S/C29H56N2O3/c1-24(2,3)29(11)20-28(29,10)19-25(4,5)21-18-22(32)31(23(21)33)26(6,7)15-17-34-27(8,9)14-16-30(12)13/h21-22,32H,14-20H2,1-13H3. The number of hydrogen-bond acceptors (Lipinski definition) is 4. The molecule has 1 amide bonds. The Kier molecular flexibility index (Phi) is 8.12. The minimum atomic E-state index is -0.727. The molecule has 2 fully saturated rings. The fourth-order valence-electron chi connectivity index (χ4n) is 6.64. The highest BCUT2D eigenvalue weighted by Crippen LogP contribution is 2.75. The predicted octanol–water partition coefficient (Wildman–Crippen LogP) is 5.95. The summed E-state index contributed by atoms with van der Waals surface area (Å²) in [4.78, 5) is 17.7. The maximum Gasteiger partial charge on any atom is 0.228 e. The van der Waals surface area contributed by atoms with Crippen molar-refractivity contribution in [3.63, 3.8) is 0 Å². The number of nitrogens with zero attached hydrogens (tertiary/aromatic N) is 2. The molecular weight excluding hydrogens is 424 g/mol. The lowest BCUT2D eigenvalue weighted by Crippen LogP contribution is -2.51. The maximum atomic E-state index is 13.7. The summed E-state index contributed by atoms with van der Waals surface area (Å²) in [5.41, 5.74) is -0.0703. The molecule has 1 saturated heterocycles. The minimum absolute atomic E-state index is 0.107. The molecule has 4 unspecified atom stereocenters. The Hall–Kier alpha value is -0.650. The summed E-state index contributed by atoms with van der Waals surface area (Å²) in [6.45, 7) is 26.2. The van der Waals surface area contributed by atoms with E-state index in [9.17, 15) is 9.90 Å². The lowest BCUT2D eigenvalue weighted by Gasteiger charge is -2.41. The second-order valence-electron chi connectivity index (χ2n) is 15.2. The van der Waals surface area contributed by atoms with Crippen LogP contribution in [0.1, 0.15) is 108 Å². The van der Waals surface area contributed by atoms with Crippen LogP contribution in [0.4, 0.5) is 0 Å². The van der Waals surface area contributed by atoms with E-state index in [1.54, 1.807) is 4.90 Å². The minimum Gasteiger partial charge on any atom is -0.375 e. The largest absolute Gasteiger partial charge is 0.375 e. The van der Waals surface area contributed by atoms with Crippen molar-refractivity contribution in [3.8, 4) is 0 Å². The summed E-state index contributed by atoms with van der Waals surface area (Å²) < 4.78 is 6.22. The molecule has 34 heavy (non-hydrogen) atoms. The Morgan fingerprint density at radius 2 is 1.59 bits per heavy atom. The molecule has 200 valence electrons. The molecule has 5 heteroatoms. The van der Waals surface area contributed by atoms with Crippen molar-refractivity contribution in [2.24, 2.45) is 27.6 Å². The molecule has 0 bridgehead atoms. The van der Waals surface area contributed by atoms with Crippen LogP contribution in [0.3, 0.4) is 0 Å². The van der Waals surface area contributed by atoms with Crippen molar-refractivity contribution in [1.29, 1.82) is 0 Å². The Morgan fingerprint density at radius 3 is 2.06 bits per heavy atom. The fraction of sp³-hybridized carbons (Fsp3) is 0.966. The van der Waals surface area contributed by atoms with E-state index in [0.29, 0.717) is 19.4 Å². The van der Waals surface area contributed by atoms with Gasteiger partial charge >= 0.3 is 0 Å². The molecule has 1 aliphatic carbocycles. The molecule has 5 nitrogen and oxygen atoms in total. The molecule has 0 aromatic carbocycles. The van der Waals surface area contributed by atoms with Crippen LogP contribution in [0.2, 0.25) is 0 Å². The van der Waals surface area contributed by atoms with Crippen LogP contribution in [0.25, 0.3) is 0 Å². The zero-order chi connectivity index (χ0) is 26.5. The first-order valence-electron chi connectivity index (χ1n) is 13.4. The number of ether oxygens (including phenoxy) is 1. The first-order valence-corrected chi connectivity index (χ1v) is 13.4. The number of amides is 1. The van der Waals surface area contributed by atoms with Gasteiger partial charge in [-0.3, -0.25) is 4.79 Å². The van der Waals surface area contributed by atoms with Crippen molar-refractivity contribution < 1.29 is 14.6 Å². The lowest BCUT2D eigenvalue weighted by molar-refractivity contribution is -0.147. The summed E-state index contributed by atoms with van der Waals surface area (Å²) in [5.74, 6) is -0.0445. The third-order valence-electron chi connectivity index (χ3n) is 9.70.